The van der Waals surface area contributed by atoms with Crippen LogP contribution in [0.15, 0.2) is 12.1 Å². The van der Waals surface area contributed by atoms with Crippen molar-refractivity contribution in [1.82, 2.24) is 9.80 Å². The molecule has 20 heavy (non-hydrogen) atoms. The molecule has 4 nitrogen and oxygen atoms in total. The molecule has 0 bridgehead atoms. The van der Waals surface area contributed by atoms with Crippen LogP contribution >= 0.6 is 11.3 Å². The molecule has 1 aromatic heterocycles. The molecule has 0 radical (unpaired) electrons. The molecule has 3 rings (SSSR count). The molecule has 5 heteroatoms. The zero-order valence-corrected chi connectivity index (χ0v) is 12.8. The first kappa shape index (κ1) is 14.0. The van der Waals surface area contributed by atoms with Crippen molar-refractivity contribution in [3.05, 3.63) is 21.9 Å². The quantitative estimate of drug-likeness (QED) is 0.855. The van der Waals surface area contributed by atoms with E-state index in [4.69, 9.17) is 4.74 Å². The highest BCUT2D eigenvalue weighted by atomic mass is 32.1. The van der Waals surface area contributed by atoms with Crippen LogP contribution in [0.1, 0.15) is 27.4 Å². The second-order valence-electron chi connectivity index (χ2n) is 5.64. The number of aryl methyl sites for hydroxylation is 1. The summed E-state index contributed by atoms with van der Waals surface area (Å²) >= 11 is 1.59. The van der Waals surface area contributed by atoms with Crippen molar-refractivity contribution < 1.29 is 9.53 Å². The smallest absolute Gasteiger partial charge is 0.264 e. The number of carbonyl (C=O) groups excluding carboxylic acids is 1. The second kappa shape index (κ2) is 6.24. The summed E-state index contributed by atoms with van der Waals surface area (Å²) in [6.45, 7) is 7.60. The summed E-state index contributed by atoms with van der Waals surface area (Å²) < 4.78 is 5.68. The molecule has 0 saturated carbocycles. The number of thiophene rings is 1. The largest absolute Gasteiger partial charge is 0.377 e. The van der Waals surface area contributed by atoms with Crippen LogP contribution in [-0.2, 0) is 4.74 Å². The van der Waals surface area contributed by atoms with Crippen LogP contribution in [0.4, 0.5) is 0 Å². The lowest BCUT2D eigenvalue weighted by atomic mass is 10.2. The Morgan fingerprint density at radius 3 is 2.75 bits per heavy atom. The third-order valence-electron chi connectivity index (χ3n) is 4.10. The molecule has 3 heterocycles. The highest BCUT2D eigenvalue weighted by molar-refractivity contribution is 7.13. The minimum absolute atomic E-state index is 0.194. The second-order valence-corrected chi connectivity index (χ2v) is 6.93. The van der Waals surface area contributed by atoms with Crippen molar-refractivity contribution in [3.8, 4) is 0 Å². The van der Waals surface area contributed by atoms with E-state index >= 15 is 0 Å². The minimum Gasteiger partial charge on any atom is -0.377 e. The van der Waals surface area contributed by atoms with Crippen LogP contribution < -0.4 is 0 Å². The summed E-state index contributed by atoms with van der Waals surface area (Å²) in [4.78, 5) is 18.8. The molecule has 0 aliphatic carbocycles. The summed E-state index contributed by atoms with van der Waals surface area (Å²) in [6, 6.07) is 3.96. The fourth-order valence-corrected chi connectivity index (χ4v) is 3.75. The van der Waals surface area contributed by atoms with Gasteiger partial charge in [0, 0.05) is 44.2 Å². The number of rotatable bonds is 3. The Kier molecular flexibility index (Phi) is 4.38. The van der Waals surface area contributed by atoms with Gasteiger partial charge in [-0.3, -0.25) is 9.69 Å². The lowest BCUT2D eigenvalue weighted by Crippen LogP contribution is -2.50. The topological polar surface area (TPSA) is 32.8 Å². The average molecular weight is 294 g/mol. The minimum atomic E-state index is 0.194. The predicted molar refractivity (Wildman–Crippen MR) is 80.4 cm³/mol. The molecule has 1 aromatic rings. The number of amides is 1. The van der Waals surface area contributed by atoms with Gasteiger partial charge in [0.15, 0.2) is 0 Å². The molecular formula is C15H22N2O2S. The fraction of sp³-hybridized carbons (Fsp3) is 0.667. The van der Waals surface area contributed by atoms with Gasteiger partial charge in [-0.1, -0.05) is 0 Å². The zero-order valence-electron chi connectivity index (χ0n) is 12.0. The van der Waals surface area contributed by atoms with Crippen molar-refractivity contribution in [1.29, 1.82) is 0 Å². The van der Waals surface area contributed by atoms with Gasteiger partial charge in [-0.25, -0.2) is 0 Å². The van der Waals surface area contributed by atoms with E-state index < -0.39 is 0 Å². The summed E-state index contributed by atoms with van der Waals surface area (Å²) in [5.41, 5.74) is 0. The van der Waals surface area contributed by atoms with Crippen molar-refractivity contribution in [2.24, 2.45) is 0 Å². The van der Waals surface area contributed by atoms with Gasteiger partial charge >= 0.3 is 0 Å². The first-order chi connectivity index (χ1) is 9.72. The Bertz CT molecular complexity index is 460. The van der Waals surface area contributed by atoms with Crippen molar-refractivity contribution in [3.63, 3.8) is 0 Å². The van der Waals surface area contributed by atoms with Gasteiger partial charge in [-0.15, -0.1) is 11.3 Å². The summed E-state index contributed by atoms with van der Waals surface area (Å²) in [5, 5.41) is 0. The molecule has 1 atom stereocenters. The van der Waals surface area contributed by atoms with E-state index in [2.05, 4.69) is 4.90 Å². The Morgan fingerprint density at radius 1 is 1.35 bits per heavy atom. The Morgan fingerprint density at radius 2 is 2.15 bits per heavy atom. The molecule has 0 aromatic carbocycles. The molecule has 1 unspecified atom stereocenters. The van der Waals surface area contributed by atoms with Crippen LogP contribution in [0, 0.1) is 6.92 Å². The van der Waals surface area contributed by atoms with Gasteiger partial charge in [0.25, 0.3) is 5.91 Å². The molecule has 110 valence electrons. The Labute approximate surface area is 124 Å². The van der Waals surface area contributed by atoms with E-state index in [1.807, 2.05) is 24.0 Å². The number of nitrogens with zero attached hydrogens (tertiary/aromatic N) is 2. The SMILES string of the molecule is Cc1ccc(C(=O)N2CCN(CC3CCCO3)CC2)s1. The van der Waals surface area contributed by atoms with E-state index in [0.717, 1.165) is 44.2 Å². The van der Waals surface area contributed by atoms with Gasteiger partial charge in [-0.2, -0.15) is 0 Å². The summed E-state index contributed by atoms with van der Waals surface area (Å²) in [7, 11) is 0. The molecule has 2 aliphatic heterocycles. The molecule has 0 N–H and O–H groups in total. The molecule has 2 saturated heterocycles. The van der Waals surface area contributed by atoms with Gasteiger partial charge in [0.05, 0.1) is 11.0 Å². The molecule has 2 fully saturated rings. The Hall–Kier alpha value is -0.910. The van der Waals surface area contributed by atoms with Crippen LogP contribution in [-0.4, -0.2) is 61.1 Å². The standard InChI is InChI=1S/C15H22N2O2S/c1-12-4-5-14(20-12)15(18)17-8-6-16(7-9-17)11-13-3-2-10-19-13/h4-5,13H,2-3,6-11H2,1H3. The van der Waals surface area contributed by atoms with E-state index in [-0.39, 0.29) is 5.91 Å². The zero-order chi connectivity index (χ0) is 13.9. The molecule has 1 amide bonds. The van der Waals surface area contributed by atoms with Crippen molar-refractivity contribution >= 4 is 17.2 Å². The average Bonchev–Trinajstić information content (AvgIpc) is 3.10. The highest BCUT2D eigenvalue weighted by Gasteiger charge is 2.25. The van der Waals surface area contributed by atoms with Gasteiger partial charge < -0.3 is 9.64 Å². The van der Waals surface area contributed by atoms with Crippen LogP contribution in [0.25, 0.3) is 0 Å². The number of hydrogen-bond donors (Lipinski definition) is 0. The first-order valence-corrected chi connectivity index (χ1v) is 8.24. The third kappa shape index (κ3) is 3.22. The maximum Gasteiger partial charge on any atom is 0.264 e. The first-order valence-electron chi connectivity index (χ1n) is 7.42. The van der Waals surface area contributed by atoms with E-state index in [1.54, 1.807) is 11.3 Å². The van der Waals surface area contributed by atoms with Crippen LogP contribution in [0.2, 0.25) is 0 Å². The lowest BCUT2D eigenvalue weighted by Gasteiger charge is -2.35. The van der Waals surface area contributed by atoms with E-state index in [9.17, 15) is 4.79 Å². The number of ether oxygens (including phenoxy) is 1. The molecule has 0 spiro atoms. The summed E-state index contributed by atoms with van der Waals surface area (Å²) in [5.74, 6) is 0.194. The number of hydrogen-bond acceptors (Lipinski definition) is 4. The monoisotopic (exact) mass is 294 g/mol. The van der Waals surface area contributed by atoms with Gasteiger partial charge in [0.2, 0.25) is 0 Å². The van der Waals surface area contributed by atoms with Crippen molar-refractivity contribution in [2.45, 2.75) is 25.9 Å². The Balaban J connectivity index is 1.49. The van der Waals surface area contributed by atoms with Crippen molar-refractivity contribution in [2.75, 3.05) is 39.3 Å². The molecular weight excluding hydrogens is 272 g/mol. The number of carbonyl (C=O) groups is 1. The maximum absolute atomic E-state index is 12.4. The van der Waals surface area contributed by atoms with Gasteiger partial charge in [-0.05, 0) is 31.9 Å². The highest BCUT2D eigenvalue weighted by Crippen LogP contribution is 2.19. The maximum atomic E-state index is 12.4. The van der Waals surface area contributed by atoms with E-state index in [0.29, 0.717) is 6.10 Å². The number of piperazine rings is 1. The van der Waals surface area contributed by atoms with Gasteiger partial charge in [0.1, 0.15) is 0 Å². The predicted octanol–water partition coefficient (Wildman–Crippen LogP) is 1.99. The lowest BCUT2D eigenvalue weighted by molar-refractivity contribution is 0.0435. The summed E-state index contributed by atoms with van der Waals surface area (Å²) in [6.07, 6.45) is 2.80. The normalized spacial score (nSPS) is 24.2. The fourth-order valence-electron chi connectivity index (χ4n) is 2.92. The van der Waals surface area contributed by atoms with Crippen LogP contribution in [0.5, 0.6) is 0 Å². The van der Waals surface area contributed by atoms with E-state index in [1.165, 1.54) is 17.7 Å². The van der Waals surface area contributed by atoms with Crippen LogP contribution in [0.3, 0.4) is 0 Å². The molecule has 2 aliphatic rings. The third-order valence-corrected chi connectivity index (χ3v) is 5.09.